The number of hydrogen-bond donors (Lipinski definition) is 0. The molecule has 3 nitrogen and oxygen atoms in total. The average molecular weight is 250 g/mol. The zero-order valence-electron chi connectivity index (χ0n) is 10.8. The van der Waals surface area contributed by atoms with Crippen molar-refractivity contribution in [1.29, 1.82) is 0 Å². The lowest BCUT2D eigenvalue weighted by Gasteiger charge is -2.57. The Hall–Kier alpha value is -0.120. The van der Waals surface area contributed by atoms with E-state index in [4.69, 9.17) is 14.5 Å². The Kier molecular flexibility index (Phi) is 2.07. The molecule has 3 heteroatoms. The fourth-order valence-corrected chi connectivity index (χ4v) is 5.98. The molecule has 0 spiro atoms. The summed E-state index contributed by atoms with van der Waals surface area (Å²) in [6.45, 7) is 0.641. The predicted molar refractivity (Wildman–Crippen MR) is 64.7 cm³/mol. The van der Waals surface area contributed by atoms with E-state index in [0.717, 1.165) is 17.8 Å². The lowest BCUT2D eigenvalue weighted by Crippen LogP contribution is -2.48. The largest absolute Gasteiger partial charge is 0.364 e. The third-order valence-corrected chi connectivity index (χ3v) is 6.21. The van der Waals surface area contributed by atoms with Crippen molar-refractivity contribution in [2.45, 2.75) is 63.3 Å². The first-order valence-corrected chi connectivity index (χ1v) is 7.73. The van der Waals surface area contributed by atoms with Gasteiger partial charge in [0, 0.05) is 0 Å². The minimum absolute atomic E-state index is 0.222. The molecule has 4 saturated carbocycles. The van der Waals surface area contributed by atoms with E-state index in [9.17, 15) is 0 Å². The van der Waals surface area contributed by atoms with E-state index in [1.165, 1.54) is 44.9 Å². The second-order valence-electron chi connectivity index (χ2n) is 7.68. The summed E-state index contributed by atoms with van der Waals surface area (Å²) in [5, 5.41) is 0. The molecule has 6 fully saturated rings. The smallest absolute Gasteiger partial charge is 0.122 e. The number of rotatable bonds is 2. The Morgan fingerprint density at radius 3 is 2.28 bits per heavy atom. The van der Waals surface area contributed by atoms with Crippen LogP contribution in [0.15, 0.2) is 0 Å². The highest BCUT2D eigenvalue weighted by molar-refractivity contribution is 5.04. The molecular formula is C15H22O3. The highest BCUT2D eigenvalue weighted by atomic mass is 17.2. The number of hydrogen-bond acceptors (Lipinski definition) is 3. The van der Waals surface area contributed by atoms with E-state index >= 15 is 0 Å². The summed E-state index contributed by atoms with van der Waals surface area (Å²) < 4.78 is 5.65. The summed E-state index contributed by atoms with van der Waals surface area (Å²) in [5.74, 6) is 3.07. The lowest BCUT2D eigenvalue weighted by atomic mass is 9.48. The zero-order valence-corrected chi connectivity index (χ0v) is 10.8. The van der Waals surface area contributed by atoms with E-state index in [1.54, 1.807) is 0 Å². The van der Waals surface area contributed by atoms with Crippen molar-refractivity contribution in [1.82, 2.24) is 0 Å². The van der Waals surface area contributed by atoms with Crippen molar-refractivity contribution in [2.75, 3.05) is 6.61 Å². The molecule has 0 N–H and O–H groups in total. The van der Waals surface area contributed by atoms with Gasteiger partial charge in [0.1, 0.15) is 24.9 Å². The van der Waals surface area contributed by atoms with Crippen LogP contribution in [0.5, 0.6) is 0 Å². The van der Waals surface area contributed by atoms with Crippen molar-refractivity contribution in [3.63, 3.8) is 0 Å². The van der Waals surface area contributed by atoms with Crippen LogP contribution < -0.4 is 0 Å². The maximum Gasteiger partial charge on any atom is 0.122 e. The molecule has 0 radical (unpaired) electrons. The Balaban J connectivity index is 1.36. The Morgan fingerprint density at radius 1 is 0.944 bits per heavy atom. The van der Waals surface area contributed by atoms with Crippen LogP contribution in [0.1, 0.15) is 44.9 Å². The van der Waals surface area contributed by atoms with Gasteiger partial charge < -0.3 is 4.74 Å². The molecule has 100 valence electrons. The zero-order chi connectivity index (χ0) is 11.7. The standard InChI is InChI=1S/C15H22O3/c1-9-2-11-3-10(1)5-15(4-9,6-11)7-12-14-13(17-14)8-16-18-12/h9-14H,1-8H2/t9?,10?,11?,12-,13-,14+,15?/m1/s1. The first-order valence-electron chi connectivity index (χ1n) is 7.73. The van der Waals surface area contributed by atoms with Gasteiger partial charge in [-0.25, -0.2) is 9.78 Å². The lowest BCUT2D eigenvalue weighted by molar-refractivity contribution is -0.342. The average Bonchev–Trinajstić information content (AvgIpc) is 3.06. The normalized spacial score (nSPS) is 60.7. The molecule has 2 aliphatic heterocycles. The second kappa shape index (κ2) is 3.50. The topological polar surface area (TPSA) is 31.0 Å². The summed E-state index contributed by atoms with van der Waals surface area (Å²) in [4.78, 5) is 10.8. The third-order valence-electron chi connectivity index (χ3n) is 6.21. The molecule has 0 amide bonds. The van der Waals surface area contributed by atoms with Crippen LogP contribution in [0.2, 0.25) is 0 Å². The molecule has 0 aromatic heterocycles. The third kappa shape index (κ3) is 1.53. The van der Waals surface area contributed by atoms with Crippen LogP contribution in [-0.2, 0) is 14.5 Å². The molecule has 3 atom stereocenters. The van der Waals surface area contributed by atoms with E-state index in [2.05, 4.69) is 0 Å². The van der Waals surface area contributed by atoms with Crippen molar-refractivity contribution in [3.05, 3.63) is 0 Å². The van der Waals surface area contributed by atoms with Gasteiger partial charge in [0.25, 0.3) is 0 Å². The van der Waals surface area contributed by atoms with Crippen LogP contribution in [0, 0.1) is 23.2 Å². The summed E-state index contributed by atoms with van der Waals surface area (Å²) >= 11 is 0. The van der Waals surface area contributed by atoms with Crippen LogP contribution in [0.4, 0.5) is 0 Å². The minimum Gasteiger partial charge on any atom is -0.364 e. The molecule has 2 heterocycles. The summed E-state index contributed by atoms with van der Waals surface area (Å²) in [6, 6.07) is 0. The molecule has 18 heavy (non-hydrogen) atoms. The van der Waals surface area contributed by atoms with Gasteiger partial charge in [-0.05, 0) is 68.1 Å². The van der Waals surface area contributed by atoms with Gasteiger partial charge in [0.05, 0.1) is 0 Å². The van der Waals surface area contributed by atoms with Crippen molar-refractivity contribution in [2.24, 2.45) is 23.2 Å². The van der Waals surface area contributed by atoms with Gasteiger partial charge in [-0.15, -0.1) is 0 Å². The van der Waals surface area contributed by atoms with Crippen LogP contribution in [0.25, 0.3) is 0 Å². The van der Waals surface area contributed by atoms with Crippen LogP contribution in [-0.4, -0.2) is 24.9 Å². The van der Waals surface area contributed by atoms with Crippen molar-refractivity contribution in [3.8, 4) is 0 Å². The Labute approximate surface area is 108 Å². The molecule has 4 aliphatic carbocycles. The van der Waals surface area contributed by atoms with Crippen molar-refractivity contribution < 1.29 is 14.5 Å². The van der Waals surface area contributed by atoms with Crippen LogP contribution in [0.3, 0.4) is 0 Å². The van der Waals surface area contributed by atoms with Gasteiger partial charge in [-0.3, -0.25) is 0 Å². The highest BCUT2D eigenvalue weighted by Crippen LogP contribution is 2.62. The summed E-state index contributed by atoms with van der Waals surface area (Å²) in [6.07, 6.45) is 11.0. The molecule has 0 unspecified atom stereocenters. The molecule has 0 aromatic rings. The van der Waals surface area contributed by atoms with E-state index in [0.29, 0.717) is 24.2 Å². The highest BCUT2D eigenvalue weighted by Gasteiger charge is 2.56. The minimum atomic E-state index is 0.222. The van der Waals surface area contributed by atoms with E-state index in [1.807, 2.05) is 0 Å². The molecule has 2 saturated heterocycles. The number of epoxide rings is 1. The first-order chi connectivity index (χ1) is 8.80. The van der Waals surface area contributed by atoms with Gasteiger partial charge in [0.15, 0.2) is 0 Å². The molecule has 6 rings (SSSR count). The van der Waals surface area contributed by atoms with E-state index < -0.39 is 0 Å². The fraction of sp³-hybridized carbons (Fsp3) is 1.00. The van der Waals surface area contributed by atoms with Gasteiger partial charge in [0.2, 0.25) is 0 Å². The summed E-state index contributed by atoms with van der Waals surface area (Å²) in [7, 11) is 0. The SMILES string of the molecule is C1C2CC3CC1CC(C[C@H]1OOC[C@H]4O[C@@H]14)(C2)C3. The molecule has 0 aromatic carbocycles. The first kappa shape index (κ1) is 10.6. The maximum atomic E-state index is 5.65. The Bertz CT molecular complexity index is 331. The number of ether oxygens (including phenoxy) is 1. The van der Waals surface area contributed by atoms with Gasteiger partial charge in [-0.2, -0.15) is 0 Å². The van der Waals surface area contributed by atoms with Crippen LogP contribution >= 0.6 is 0 Å². The Morgan fingerprint density at radius 2 is 1.61 bits per heavy atom. The van der Waals surface area contributed by atoms with E-state index in [-0.39, 0.29) is 6.10 Å². The number of fused-ring (bicyclic) bond motifs is 1. The quantitative estimate of drug-likeness (QED) is 0.557. The van der Waals surface area contributed by atoms with Crippen molar-refractivity contribution >= 4 is 0 Å². The molecular weight excluding hydrogens is 228 g/mol. The predicted octanol–water partition coefficient (Wildman–Crippen LogP) is 2.69. The second-order valence-corrected chi connectivity index (χ2v) is 7.68. The maximum absolute atomic E-state index is 5.65. The summed E-state index contributed by atoms with van der Waals surface area (Å²) in [5.41, 5.74) is 0.580. The van der Waals surface area contributed by atoms with Gasteiger partial charge in [-0.1, -0.05) is 0 Å². The van der Waals surface area contributed by atoms with Gasteiger partial charge >= 0.3 is 0 Å². The monoisotopic (exact) mass is 250 g/mol. The fourth-order valence-electron chi connectivity index (χ4n) is 5.98. The molecule has 4 bridgehead atoms. The molecule has 6 aliphatic rings.